The summed E-state index contributed by atoms with van der Waals surface area (Å²) in [5.41, 5.74) is 0.746. The van der Waals surface area contributed by atoms with E-state index in [0.29, 0.717) is 15.9 Å². The second-order valence-electron chi connectivity index (χ2n) is 4.00. The van der Waals surface area contributed by atoms with Gasteiger partial charge in [0.1, 0.15) is 10.8 Å². The Labute approximate surface area is 124 Å². The van der Waals surface area contributed by atoms with E-state index < -0.39 is 0 Å². The van der Waals surface area contributed by atoms with Crippen LogP contribution in [0.5, 0.6) is 11.5 Å². The lowest BCUT2D eigenvalue weighted by Gasteiger charge is -2.06. The summed E-state index contributed by atoms with van der Waals surface area (Å²) in [4.78, 5) is 4.26. The maximum Gasteiger partial charge on any atom is 0.220 e. The number of tetrazole rings is 1. The van der Waals surface area contributed by atoms with Crippen LogP contribution in [0, 0.1) is 0 Å². The van der Waals surface area contributed by atoms with Crippen LogP contribution in [0.1, 0.15) is 0 Å². The summed E-state index contributed by atoms with van der Waals surface area (Å²) in [5.74, 6) is 0.843. The van der Waals surface area contributed by atoms with E-state index in [1.165, 1.54) is 11.8 Å². The van der Waals surface area contributed by atoms with E-state index in [-0.39, 0.29) is 5.75 Å². The van der Waals surface area contributed by atoms with Gasteiger partial charge in [-0.15, -0.1) is 5.10 Å². The Morgan fingerprint density at radius 3 is 2.76 bits per heavy atom. The largest absolute Gasteiger partial charge is 0.508 e. The molecular formula is C13H11N5O2S. The fraction of sp³-hybridized carbons (Fsp3) is 0.0769. The zero-order valence-corrected chi connectivity index (χ0v) is 11.9. The SMILES string of the molecule is COc1cccnc1Sc1nnnn1-c1ccc(O)cc1. The fourth-order valence-corrected chi connectivity index (χ4v) is 2.54. The van der Waals surface area contributed by atoms with E-state index >= 15 is 0 Å². The van der Waals surface area contributed by atoms with Gasteiger partial charge in [-0.05, 0) is 58.6 Å². The lowest BCUT2D eigenvalue weighted by molar-refractivity contribution is 0.400. The summed E-state index contributed by atoms with van der Waals surface area (Å²) in [5, 5.41) is 22.2. The maximum absolute atomic E-state index is 9.33. The summed E-state index contributed by atoms with van der Waals surface area (Å²) in [6.07, 6.45) is 1.68. The van der Waals surface area contributed by atoms with Crippen LogP contribution >= 0.6 is 11.8 Å². The van der Waals surface area contributed by atoms with Gasteiger partial charge in [-0.1, -0.05) is 0 Å². The molecule has 3 rings (SSSR count). The highest BCUT2D eigenvalue weighted by Gasteiger charge is 2.13. The lowest BCUT2D eigenvalue weighted by Crippen LogP contribution is -1.99. The number of aromatic hydroxyl groups is 1. The van der Waals surface area contributed by atoms with E-state index in [1.807, 2.05) is 6.07 Å². The number of pyridine rings is 1. The number of benzene rings is 1. The number of nitrogens with zero attached hydrogens (tertiary/aromatic N) is 5. The Kier molecular flexibility index (Phi) is 3.69. The topological polar surface area (TPSA) is 86.0 Å². The highest BCUT2D eigenvalue weighted by molar-refractivity contribution is 7.99. The number of methoxy groups -OCH3 is 1. The average Bonchev–Trinajstić information content (AvgIpc) is 2.97. The van der Waals surface area contributed by atoms with E-state index in [0.717, 1.165) is 5.69 Å². The molecule has 0 amide bonds. The summed E-state index contributed by atoms with van der Waals surface area (Å²) in [6, 6.07) is 10.2. The molecule has 0 unspecified atom stereocenters. The van der Waals surface area contributed by atoms with Gasteiger partial charge in [0, 0.05) is 6.20 Å². The first-order chi connectivity index (χ1) is 10.3. The van der Waals surface area contributed by atoms with Gasteiger partial charge in [-0.2, -0.15) is 4.68 Å². The third-order valence-corrected chi connectivity index (χ3v) is 3.62. The minimum atomic E-state index is 0.187. The number of phenolic OH excluding ortho intramolecular Hbond substituents is 1. The van der Waals surface area contributed by atoms with Crippen LogP contribution in [0.4, 0.5) is 0 Å². The molecule has 7 nitrogen and oxygen atoms in total. The second kappa shape index (κ2) is 5.80. The van der Waals surface area contributed by atoms with Crippen molar-refractivity contribution in [2.45, 2.75) is 10.2 Å². The van der Waals surface area contributed by atoms with Crippen molar-refractivity contribution in [1.29, 1.82) is 0 Å². The number of hydrogen-bond donors (Lipinski definition) is 1. The first kappa shape index (κ1) is 13.4. The normalized spacial score (nSPS) is 10.5. The molecule has 0 spiro atoms. The van der Waals surface area contributed by atoms with Crippen molar-refractivity contribution in [2.75, 3.05) is 7.11 Å². The van der Waals surface area contributed by atoms with Crippen LogP contribution < -0.4 is 4.74 Å². The smallest absolute Gasteiger partial charge is 0.220 e. The fourth-order valence-electron chi connectivity index (χ4n) is 1.69. The van der Waals surface area contributed by atoms with Gasteiger partial charge in [-0.3, -0.25) is 0 Å². The van der Waals surface area contributed by atoms with E-state index in [2.05, 4.69) is 20.5 Å². The van der Waals surface area contributed by atoms with Crippen molar-refractivity contribution in [3.05, 3.63) is 42.6 Å². The Hall–Kier alpha value is -2.61. The van der Waals surface area contributed by atoms with Gasteiger partial charge in [0.05, 0.1) is 12.8 Å². The Bertz CT molecular complexity index is 744. The molecule has 2 aromatic heterocycles. The van der Waals surface area contributed by atoms with Crippen molar-refractivity contribution in [3.8, 4) is 17.2 Å². The van der Waals surface area contributed by atoms with Crippen molar-refractivity contribution >= 4 is 11.8 Å². The molecule has 0 bridgehead atoms. The molecule has 21 heavy (non-hydrogen) atoms. The van der Waals surface area contributed by atoms with Crippen LogP contribution in [0.25, 0.3) is 5.69 Å². The maximum atomic E-state index is 9.33. The third-order valence-electron chi connectivity index (χ3n) is 2.68. The minimum absolute atomic E-state index is 0.187. The number of phenols is 1. The first-order valence-corrected chi connectivity index (χ1v) is 6.84. The van der Waals surface area contributed by atoms with Gasteiger partial charge < -0.3 is 9.84 Å². The third kappa shape index (κ3) is 2.79. The van der Waals surface area contributed by atoms with Crippen LogP contribution in [-0.2, 0) is 0 Å². The van der Waals surface area contributed by atoms with Crippen LogP contribution in [0.3, 0.4) is 0 Å². The Balaban J connectivity index is 1.94. The number of aromatic nitrogens is 5. The quantitative estimate of drug-likeness (QED) is 0.787. The molecular weight excluding hydrogens is 290 g/mol. The van der Waals surface area contributed by atoms with E-state index in [4.69, 9.17) is 4.74 Å². The Morgan fingerprint density at radius 1 is 1.19 bits per heavy atom. The standard InChI is InChI=1S/C13H11N5O2S/c1-20-11-3-2-8-14-12(11)21-13-15-16-17-18(13)9-4-6-10(19)7-5-9/h2-8,19H,1H3. The molecule has 0 aliphatic carbocycles. The molecule has 8 heteroatoms. The molecule has 1 N–H and O–H groups in total. The number of rotatable bonds is 4. The van der Waals surface area contributed by atoms with Gasteiger partial charge in [0.25, 0.3) is 0 Å². The molecule has 0 saturated carbocycles. The highest BCUT2D eigenvalue weighted by atomic mass is 32.2. The van der Waals surface area contributed by atoms with Crippen LogP contribution in [-0.4, -0.2) is 37.4 Å². The zero-order valence-electron chi connectivity index (χ0n) is 11.0. The summed E-state index contributed by atoms with van der Waals surface area (Å²) < 4.78 is 6.83. The molecule has 0 aliphatic rings. The minimum Gasteiger partial charge on any atom is -0.508 e. The summed E-state index contributed by atoms with van der Waals surface area (Å²) in [7, 11) is 1.59. The first-order valence-electron chi connectivity index (χ1n) is 6.02. The summed E-state index contributed by atoms with van der Waals surface area (Å²) in [6.45, 7) is 0. The monoisotopic (exact) mass is 301 g/mol. The van der Waals surface area contributed by atoms with Crippen molar-refractivity contribution in [1.82, 2.24) is 25.2 Å². The molecule has 0 aliphatic heterocycles. The summed E-state index contributed by atoms with van der Waals surface area (Å²) >= 11 is 1.30. The number of hydrogen-bond acceptors (Lipinski definition) is 7. The van der Waals surface area contributed by atoms with Crippen molar-refractivity contribution in [2.24, 2.45) is 0 Å². The molecule has 0 radical (unpaired) electrons. The average molecular weight is 301 g/mol. The lowest BCUT2D eigenvalue weighted by atomic mass is 10.3. The van der Waals surface area contributed by atoms with Crippen LogP contribution in [0.2, 0.25) is 0 Å². The predicted molar refractivity (Wildman–Crippen MR) is 75.7 cm³/mol. The van der Waals surface area contributed by atoms with E-state index in [9.17, 15) is 5.11 Å². The van der Waals surface area contributed by atoms with Crippen molar-refractivity contribution in [3.63, 3.8) is 0 Å². The zero-order chi connectivity index (χ0) is 14.7. The molecule has 2 heterocycles. The van der Waals surface area contributed by atoms with Crippen molar-refractivity contribution < 1.29 is 9.84 Å². The Morgan fingerprint density at radius 2 is 2.00 bits per heavy atom. The second-order valence-corrected chi connectivity index (χ2v) is 4.96. The highest BCUT2D eigenvalue weighted by Crippen LogP contribution is 2.32. The molecule has 0 atom stereocenters. The van der Waals surface area contributed by atoms with Gasteiger partial charge in [0.15, 0.2) is 5.75 Å². The van der Waals surface area contributed by atoms with E-state index in [1.54, 1.807) is 48.3 Å². The molecule has 0 saturated heterocycles. The van der Waals surface area contributed by atoms with Crippen LogP contribution in [0.15, 0.2) is 52.8 Å². The predicted octanol–water partition coefficient (Wildman–Crippen LogP) is 1.92. The molecule has 106 valence electrons. The molecule has 1 aromatic carbocycles. The van der Waals surface area contributed by atoms with Gasteiger partial charge in [0.2, 0.25) is 5.16 Å². The van der Waals surface area contributed by atoms with Gasteiger partial charge in [-0.25, -0.2) is 4.98 Å². The molecule has 0 fully saturated rings. The molecule has 3 aromatic rings. The van der Waals surface area contributed by atoms with Gasteiger partial charge >= 0.3 is 0 Å². The number of ether oxygens (including phenoxy) is 1.